The number of nitrogens with one attached hydrogen (secondary N) is 1. The predicted octanol–water partition coefficient (Wildman–Crippen LogP) is 4.79. The number of benzene rings is 2. The quantitative estimate of drug-likeness (QED) is 0.561. The fourth-order valence-electron chi connectivity index (χ4n) is 2.67. The lowest BCUT2D eigenvalue weighted by molar-refractivity contribution is -0.127. The Balaban J connectivity index is 1.78. The largest absolute Gasteiger partial charge is 0.496 e. The second kappa shape index (κ2) is 9.55. The van der Waals surface area contributed by atoms with E-state index < -0.39 is 23.6 Å². The molecule has 1 aliphatic rings. The highest BCUT2D eigenvalue weighted by Crippen LogP contribution is 2.37. The zero-order chi connectivity index (χ0) is 21.8. The highest BCUT2D eigenvalue weighted by Gasteiger charge is 2.36. The number of thioether (sulfide) groups is 1. The zero-order valence-corrected chi connectivity index (χ0v) is 19.1. The van der Waals surface area contributed by atoms with E-state index in [1.807, 2.05) is 0 Å². The molecule has 2 aromatic carbocycles. The van der Waals surface area contributed by atoms with Gasteiger partial charge in [0, 0.05) is 11.6 Å². The van der Waals surface area contributed by atoms with E-state index in [0.29, 0.717) is 32.2 Å². The van der Waals surface area contributed by atoms with Gasteiger partial charge in [-0.2, -0.15) is 0 Å². The van der Waals surface area contributed by atoms with Gasteiger partial charge in [-0.3, -0.25) is 19.3 Å². The van der Waals surface area contributed by atoms with Gasteiger partial charge in [-0.25, -0.2) is 0 Å². The van der Waals surface area contributed by atoms with Gasteiger partial charge in [-0.1, -0.05) is 23.7 Å². The number of methoxy groups -OCH3 is 2. The van der Waals surface area contributed by atoms with Crippen molar-refractivity contribution in [2.45, 2.75) is 0 Å². The summed E-state index contributed by atoms with van der Waals surface area (Å²) >= 11 is 10.2. The molecular weight excluding hydrogens is 496 g/mol. The number of hydrogen-bond acceptors (Lipinski definition) is 6. The number of imide groups is 1. The second-order valence-electron chi connectivity index (χ2n) is 6.02. The number of amides is 3. The highest BCUT2D eigenvalue weighted by molar-refractivity contribution is 9.10. The van der Waals surface area contributed by atoms with Gasteiger partial charge in [-0.05, 0) is 52.0 Å². The molecule has 1 N–H and O–H groups in total. The van der Waals surface area contributed by atoms with Crippen molar-refractivity contribution in [2.75, 3.05) is 26.1 Å². The highest BCUT2D eigenvalue weighted by atomic mass is 79.9. The van der Waals surface area contributed by atoms with Crippen LogP contribution >= 0.6 is 39.3 Å². The first-order valence-corrected chi connectivity index (χ1v) is 10.5. The normalized spacial score (nSPS) is 14.9. The van der Waals surface area contributed by atoms with Gasteiger partial charge in [0.05, 0.1) is 34.3 Å². The predicted molar refractivity (Wildman–Crippen MR) is 120 cm³/mol. The first-order valence-electron chi connectivity index (χ1n) is 8.55. The van der Waals surface area contributed by atoms with Crippen molar-refractivity contribution in [1.82, 2.24) is 4.90 Å². The van der Waals surface area contributed by atoms with Gasteiger partial charge in [0.2, 0.25) is 5.91 Å². The maximum atomic E-state index is 12.7. The Morgan fingerprint density at radius 3 is 2.57 bits per heavy atom. The molecule has 30 heavy (non-hydrogen) atoms. The summed E-state index contributed by atoms with van der Waals surface area (Å²) in [6, 6.07) is 10.1. The molecule has 1 fully saturated rings. The zero-order valence-electron chi connectivity index (χ0n) is 15.9. The van der Waals surface area contributed by atoms with Crippen LogP contribution in [0.4, 0.5) is 10.5 Å². The maximum Gasteiger partial charge on any atom is 0.294 e. The Labute approximate surface area is 190 Å². The van der Waals surface area contributed by atoms with Gasteiger partial charge >= 0.3 is 0 Å². The second-order valence-corrected chi connectivity index (χ2v) is 8.28. The number of carbonyl (C=O) groups is 3. The SMILES string of the molecule is COc1cc(OC)c(/C=C2/SC(=O)N(CC(=O)Nc3ccccc3Cl)C2=O)cc1Br. The number of para-hydroxylation sites is 1. The van der Waals surface area contributed by atoms with E-state index in [-0.39, 0.29) is 4.91 Å². The van der Waals surface area contributed by atoms with E-state index in [9.17, 15) is 14.4 Å². The Bertz CT molecular complexity index is 1060. The number of anilines is 1. The summed E-state index contributed by atoms with van der Waals surface area (Å²) in [5, 5.41) is 2.42. The monoisotopic (exact) mass is 510 g/mol. The molecular formula is C20H16BrClN2O5S. The summed E-state index contributed by atoms with van der Waals surface area (Å²) in [7, 11) is 3.02. The van der Waals surface area contributed by atoms with Crippen LogP contribution in [-0.2, 0) is 9.59 Å². The van der Waals surface area contributed by atoms with E-state index in [1.54, 1.807) is 42.5 Å². The molecule has 156 valence electrons. The molecule has 3 amide bonds. The van der Waals surface area contributed by atoms with Crippen LogP contribution < -0.4 is 14.8 Å². The molecule has 0 atom stereocenters. The molecule has 1 aliphatic heterocycles. The molecule has 0 aromatic heterocycles. The summed E-state index contributed by atoms with van der Waals surface area (Å²) in [6.45, 7) is -0.420. The number of carbonyl (C=O) groups excluding carboxylic acids is 3. The smallest absolute Gasteiger partial charge is 0.294 e. The van der Waals surface area contributed by atoms with Crippen LogP contribution in [-0.4, -0.2) is 42.7 Å². The molecule has 0 bridgehead atoms. The van der Waals surface area contributed by atoms with E-state index in [4.69, 9.17) is 21.1 Å². The lowest BCUT2D eigenvalue weighted by Crippen LogP contribution is -2.36. The van der Waals surface area contributed by atoms with Crippen LogP contribution in [0.15, 0.2) is 45.8 Å². The third-order valence-corrected chi connectivity index (χ3v) is 5.97. The van der Waals surface area contributed by atoms with Gasteiger partial charge in [0.1, 0.15) is 18.0 Å². The molecule has 1 saturated heterocycles. The van der Waals surface area contributed by atoms with Gasteiger partial charge < -0.3 is 14.8 Å². The Morgan fingerprint density at radius 2 is 1.90 bits per heavy atom. The third kappa shape index (κ3) is 4.80. The molecule has 0 saturated carbocycles. The molecule has 0 spiro atoms. The average Bonchev–Trinajstić information content (AvgIpc) is 2.97. The van der Waals surface area contributed by atoms with Crippen LogP contribution in [0.3, 0.4) is 0 Å². The first kappa shape index (κ1) is 22.2. The van der Waals surface area contributed by atoms with Crippen molar-refractivity contribution in [1.29, 1.82) is 0 Å². The van der Waals surface area contributed by atoms with Crippen molar-refractivity contribution < 1.29 is 23.9 Å². The average molecular weight is 512 g/mol. The van der Waals surface area contributed by atoms with Gasteiger partial charge in [-0.15, -0.1) is 0 Å². The molecule has 0 radical (unpaired) electrons. The van der Waals surface area contributed by atoms with E-state index in [2.05, 4.69) is 21.2 Å². The number of rotatable bonds is 6. The number of halogens is 2. The first-order chi connectivity index (χ1) is 14.3. The fraction of sp³-hybridized carbons (Fsp3) is 0.150. The minimum absolute atomic E-state index is 0.181. The van der Waals surface area contributed by atoms with Gasteiger partial charge in [0.25, 0.3) is 11.1 Å². The van der Waals surface area contributed by atoms with Crippen molar-refractivity contribution in [3.63, 3.8) is 0 Å². The summed E-state index contributed by atoms with van der Waals surface area (Å²) in [5.41, 5.74) is 0.982. The Morgan fingerprint density at radius 1 is 1.20 bits per heavy atom. The van der Waals surface area contributed by atoms with Crippen LogP contribution in [0.25, 0.3) is 6.08 Å². The maximum absolute atomic E-state index is 12.7. The number of hydrogen-bond donors (Lipinski definition) is 1. The van der Waals surface area contributed by atoms with Crippen LogP contribution in [0.5, 0.6) is 11.5 Å². The van der Waals surface area contributed by atoms with Crippen molar-refractivity contribution in [3.05, 3.63) is 56.4 Å². The molecule has 0 unspecified atom stereocenters. The molecule has 7 nitrogen and oxygen atoms in total. The lowest BCUT2D eigenvalue weighted by Gasteiger charge is -2.13. The van der Waals surface area contributed by atoms with E-state index >= 15 is 0 Å². The van der Waals surface area contributed by atoms with Crippen LogP contribution in [0.2, 0.25) is 5.02 Å². The van der Waals surface area contributed by atoms with Crippen molar-refractivity contribution in [3.8, 4) is 11.5 Å². The topological polar surface area (TPSA) is 84.9 Å². The van der Waals surface area contributed by atoms with Crippen molar-refractivity contribution in [2.24, 2.45) is 0 Å². The standard InChI is InChI=1S/C20H16BrClN2O5S/c1-28-15-9-16(29-2)12(21)7-11(15)8-17-19(26)24(20(27)30-17)10-18(25)23-14-6-4-3-5-13(14)22/h3-9H,10H2,1-2H3,(H,23,25)/b17-8+. The number of ether oxygens (including phenoxy) is 2. The molecule has 3 rings (SSSR count). The lowest BCUT2D eigenvalue weighted by atomic mass is 10.1. The Kier molecular flexibility index (Phi) is 7.06. The summed E-state index contributed by atoms with van der Waals surface area (Å²) < 4.78 is 11.2. The minimum atomic E-state index is -0.562. The third-order valence-electron chi connectivity index (χ3n) is 4.11. The van der Waals surface area contributed by atoms with Crippen LogP contribution in [0, 0.1) is 0 Å². The fourth-order valence-corrected chi connectivity index (χ4v) is 4.20. The number of nitrogens with zero attached hydrogens (tertiary/aromatic N) is 1. The molecule has 1 heterocycles. The molecule has 2 aromatic rings. The van der Waals surface area contributed by atoms with Crippen LogP contribution in [0.1, 0.15) is 5.56 Å². The minimum Gasteiger partial charge on any atom is -0.496 e. The molecule has 0 aliphatic carbocycles. The summed E-state index contributed by atoms with van der Waals surface area (Å²) in [5.74, 6) is -0.0589. The summed E-state index contributed by atoms with van der Waals surface area (Å²) in [4.78, 5) is 38.4. The summed E-state index contributed by atoms with van der Waals surface area (Å²) in [6.07, 6.45) is 1.54. The van der Waals surface area contributed by atoms with E-state index in [1.165, 1.54) is 14.2 Å². The van der Waals surface area contributed by atoms with Gasteiger partial charge in [0.15, 0.2) is 0 Å². The Hall–Kier alpha value is -2.49. The van der Waals surface area contributed by atoms with E-state index in [0.717, 1.165) is 16.7 Å². The van der Waals surface area contributed by atoms with Crippen molar-refractivity contribution >= 4 is 68.1 Å². The molecule has 10 heteroatoms.